The van der Waals surface area contributed by atoms with Gasteiger partial charge in [-0.2, -0.15) is 0 Å². The lowest BCUT2D eigenvalue weighted by atomic mass is 10.2. The number of nitrogens with zero attached hydrogens (tertiary/aromatic N) is 2. The van der Waals surface area contributed by atoms with Gasteiger partial charge in [-0.15, -0.1) is 24.8 Å². The third-order valence-corrected chi connectivity index (χ3v) is 3.79. The van der Waals surface area contributed by atoms with E-state index in [1.165, 1.54) is 12.0 Å². The zero-order chi connectivity index (χ0) is 14.7. The number of carbonyl (C=O) groups is 1. The molecule has 1 aromatic heterocycles. The predicted molar refractivity (Wildman–Crippen MR) is 95.7 cm³/mol. The van der Waals surface area contributed by atoms with Crippen LogP contribution in [0.1, 0.15) is 16.1 Å². The van der Waals surface area contributed by atoms with Crippen molar-refractivity contribution in [3.05, 3.63) is 54.0 Å². The molecule has 7 heteroatoms. The van der Waals surface area contributed by atoms with Crippen LogP contribution in [0.5, 0.6) is 0 Å². The van der Waals surface area contributed by atoms with E-state index in [0.717, 1.165) is 26.2 Å². The summed E-state index contributed by atoms with van der Waals surface area (Å²) in [5.74, 6) is 0.660. The molecule has 1 aliphatic rings. The quantitative estimate of drug-likeness (QED) is 0.916. The van der Waals surface area contributed by atoms with Crippen molar-refractivity contribution in [2.75, 3.05) is 31.1 Å². The number of carbonyl (C=O) groups excluding carboxylic acids is 1. The first-order valence-corrected chi connectivity index (χ1v) is 7.14. The second-order valence-electron chi connectivity index (χ2n) is 5.12. The number of furan rings is 1. The number of piperazine rings is 1. The fraction of sp³-hybridized carbons (Fsp3) is 0.312. The predicted octanol–water partition coefficient (Wildman–Crippen LogP) is 2.54. The Kier molecular flexibility index (Phi) is 7.42. The van der Waals surface area contributed by atoms with Gasteiger partial charge in [-0.1, -0.05) is 18.2 Å². The van der Waals surface area contributed by atoms with Gasteiger partial charge in [0.15, 0.2) is 0 Å². The number of hydrogen-bond acceptors (Lipinski definition) is 4. The highest BCUT2D eigenvalue weighted by Crippen LogP contribution is 2.17. The Morgan fingerprint density at radius 1 is 1.09 bits per heavy atom. The van der Waals surface area contributed by atoms with Gasteiger partial charge >= 0.3 is 0 Å². The Labute approximate surface area is 148 Å². The van der Waals surface area contributed by atoms with Gasteiger partial charge in [0.25, 0.3) is 5.91 Å². The van der Waals surface area contributed by atoms with Crippen molar-refractivity contribution in [3.8, 4) is 0 Å². The van der Waals surface area contributed by atoms with Crippen LogP contribution >= 0.6 is 24.8 Å². The Hall–Kier alpha value is -1.69. The van der Waals surface area contributed by atoms with Gasteiger partial charge in [0.1, 0.15) is 12.0 Å². The van der Waals surface area contributed by atoms with E-state index in [9.17, 15) is 4.79 Å². The number of hydrogen-bond donors (Lipinski definition) is 1. The topological polar surface area (TPSA) is 62.7 Å². The SMILES string of the molecule is Cl.Cl.NCc1cc(C(=O)N2CCN(c3ccccc3)CC2)co1. The summed E-state index contributed by atoms with van der Waals surface area (Å²) in [6.07, 6.45) is 1.49. The van der Waals surface area contributed by atoms with E-state index in [-0.39, 0.29) is 30.7 Å². The number of nitrogens with two attached hydrogens (primary N) is 1. The van der Waals surface area contributed by atoms with Gasteiger partial charge < -0.3 is 20.0 Å². The smallest absolute Gasteiger partial charge is 0.257 e. The molecule has 126 valence electrons. The number of benzene rings is 1. The van der Waals surface area contributed by atoms with E-state index in [1.54, 1.807) is 6.07 Å². The van der Waals surface area contributed by atoms with Gasteiger partial charge in [-0.3, -0.25) is 4.79 Å². The number of anilines is 1. The third-order valence-electron chi connectivity index (χ3n) is 3.79. The summed E-state index contributed by atoms with van der Waals surface area (Å²) in [6.45, 7) is 3.44. The molecule has 0 radical (unpaired) electrons. The van der Waals surface area contributed by atoms with E-state index in [0.29, 0.717) is 17.9 Å². The zero-order valence-electron chi connectivity index (χ0n) is 12.7. The normalized spacial score (nSPS) is 14.0. The third kappa shape index (κ3) is 4.41. The molecule has 0 aliphatic carbocycles. The Morgan fingerprint density at radius 3 is 2.30 bits per heavy atom. The summed E-state index contributed by atoms with van der Waals surface area (Å²) < 4.78 is 5.23. The lowest BCUT2D eigenvalue weighted by Gasteiger charge is -2.36. The molecule has 1 aliphatic heterocycles. The fourth-order valence-electron chi connectivity index (χ4n) is 2.59. The van der Waals surface area contributed by atoms with Crippen LogP contribution in [0, 0.1) is 0 Å². The summed E-state index contributed by atoms with van der Waals surface area (Å²) in [4.78, 5) is 16.5. The maximum atomic E-state index is 12.4. The van der Waals surface area contributed by atoms with Crippen molar-refractivity contribution in [3.63, 3.8) is 0 Å². The monoisotopic (exact) mass is 357 g/mol. The molecule has 2 aromatic rings. The van der Waals surface area contributed by atoms with Crippen molar-refractivity contribution >= 4 is 36.4 Å². The van der Waals surface area contributed by atoms with E-state index in [2.05, 4.69) is 17.0 Å². The van der Waals surface area contributed by atoms with Crippen molar-refractivity contribution in [1.82, 2.24) is 4.90 Å². The van der Waals surface area contributed by atoms with Gasteiger partial charge in [0.05, 0.1) is 12.1 Å². The van der Waals surface area contributed by atoms with Crippen LogP contribution in [0.2, 0.25) is 0 Å². The zero-order valence-corrected chi connectivity index (χ0v) is 14.3. The van der Waals surface area contributed by atoms with E-state index >= 15 is 0 Å². The molecule has 1 amide bonds. The molecule has 0 bridgehead atoms. The number of rotatable bonds is 3. The van der Waals surface area contributed by atoms with Crippen LogP contribution in [0.3, 0.4) is 0 Å². The standard InChI is InChI=1S/C16H19N3O2.2ClH/c17-11-15-10-13(12-21-15)16(20)19-8-6-18(7-9-19)14-4-2-1-3-5-14;;/h1-5,10,12H,6-9,11,17H2;2*1H. The largest absolute Gasteiger partial charge is 0.467 e. The molecule has 2 N–H and O–H groups in total. The van der Waals surface area contributed by atoms with Crippen LogP contribution in [0.15, 0.2) is 47.1 Å². The molecule has 0 unspecified atom stereocenters. The molecule has 5 nitrogen and oxygen atoms in total. The molecule has 0 saturated carbocycles. The number of halogens is 2. The van der Waals surface area contributed by atoms with Crippen molar-refractivity contribution in [2.45, 2.75) is 6.54 Å². The second-order valence-corrected chi connectivity index (χ2v) is 5.12. The summed E-state index contributed by atoms with van der Waals surface area (Å²) in [5.41, 5.74) is 7.29. The minimum Gasteiger partial charge on any atom is -0.467 e. The van der Waals surface area contributed by atoms with Crippen molar-refractivity contribution in [1.29, 1.82) is 0 Å². The summed E-state index contributed by atoms with van der Waals surface area (Å²) in [5, 5.41) is 0. The van der Waals surface area contributed by atoms with Crippen LogP contribution in [-0.2, 0) is 6.54 Å². The van der Waals surface area contributed by atoms with Crippen LogP contribution in [-0.4, -0.2) is 37.0 Å². The first-order chi connectivity index (χ1) is 10.3. The Morgan fingerprint density at radius 2 is 1.74 bits per heavy atom. The van der Waals surface area contributed by atoms with E-state index < -0.39 is 0 Å². The number of para-hydroxylation sites is 1. The molecule has 0 atom stereocenters. The van der Waals surface area contributed by atoms with Crippen LogP contribution in [0.25, 0.3) is 0 Å². The highest BCUT2D eigenvalue weighted by molar-refractivity contribution is 5.94. The molecular formula is C16H21Cl2N3O2. The van der Waals surface area contributed by atoms with Crippen LogP contribution < -0.4 is 10.6 Å². The lowest BCUT2D eigenvalue weighted by molar-refractivity contribution is 0.0746. The first-order valence-electron chi connectivity index (χ1n) is 7.14. The van der Waals surface area contributed by atoms with Gasteiger partial charge in [-0.25, -0.2) is 0 Å². The molecule has 23 heavy (non-hydrogen) atoms. The highest BCUT2D eigenvalue weighted by Gasteiger charge is 2.23. The minimum atomic E-state index is 0. The summed E-state index contributed by atoms with van der Waals surface area (Å²) in [7, 11) is 0. The molecule has 0 spiro atoms. The minimum absolute atomic E-state index is 0. The number of amides is 1. The fourth-order valence-corrected chi connectivity index (χ4v) is 2.59. The molecule has 3 rings (SSSR count). The lowest BCUT2D eigenvalue weighted by Crippen LogP contribution is -2.48. The Bertz CT molecular complexity index is 611. The van der Waals surface area contributed by atoms with Crippen molar-refractivity contribution in [2.24, 2.45) is 5.73 Å². The van der Waals surface area contributed by atoms with E-state index in [4.69, 9.17) is 10.2 Å². The molecule has 1 saturated heterocycles. The van der Waals surface area contributed by atoms with Crippen molar-refractivity contribution < 1.29 is 9.21 Å². The summed E-state index contributed by atoms with van der Waals surface area (Å²) >= 11 is 0. The van der Waals surface area contributed by atoms with Gasteiger partial charge in [0.2, 0.25) is 0 Å². The molecule has 1 fully saturated rings. The van der Waals surface area contributed by atoms with Crippen LogP contribution in [0.4, 0.5) is 5.69 Å². The first kappa shape index (κ1) is 19.4. The molecule has 1 aromatic carbocycles. The van der Waals surface area contributed by atoms with E-state index in [1.807, 2.05) is 23.1 Å². The molecular weight excluding hydrogens is 337 g/mol. The average Bonchev–Trinajstić information content (AvgIpc) is 3.04. The Balaban J connectivity index is 0.00000132. The maximum Gasteiger partial charge on any atom is 0.257 e. The molecule has 2 heterocycles. The maximum absolute atomic E-state index is 12.4. The average molecular weight is 358 g/mol. The van der Waals surface area contributed by atoms with Gasteiger partial charge in [0, 0.05) is 31.9 Å². The second kappa shape index (κ2) is 8.82. The van der Waals surface area contributed by atoms with Gasteiger partial charge in [-0.05, 0) is 18.2 Å². The summed E-state index contributed by atoms with van der Waals surface area (Å²) in [6, 6.07) is 12.0. The highest BCUT2D eigenvalue weighted by atomic mass is 35.5.